The highest BCUT2D eigenvalue weighted by Crippen LogP contribution is 2.08. The average Bonchev–Trinajstić information content (AvgIpc) is 2.22. The lowest BCUT2D eigenvalue weighted by molar-refractivity contribution is -0.137. The minimum atomic E-state index is -1.47. The molecular formula is C11H21NO4S. The molecule has 100 valence electrons. The van der Waals surface area contributed by atoms with Crippen LogP contribution < -0.4 is 5.32 Å². The van der Waals surface area contributed by atoms with Gasteiger partial charge >= 0.3 is 5.97 Å². The van der Waals surface area contributed by atoms with Crippen LogP contribution in [0, 0.1) is 5.92 Å². The Bertz CT molecular complexity index is 304. The van der Waals surface area contributed by atoms with Crippen LogP contribution in [0.4, 0.5) is 0 Å². The van der Waals surface area contributed by atoms with Gasteiger partial charge in [0.25, 0.3) is 0 Å². The summed E-state index contributed by atoms with van der Waals surface area (Å²) in [6.07, 6.45) is -0.186. The van der Waals surface area contributed by atoms with Crippen LogP contribution >= 0.6 is 0 Å². The molecule has 0 aromatic rings. The molecule has 2 N–H and O–H groups in total. The van der Waals surface area contributed by atoms with Crippen LogP contribution in [0.3, 0.4) is 0 Å². The number of carboxylic acid groups (broad SMARTS) is 1. The Morgan fingerprint density at radius 3 is 2.18 bits per heavy atom. The summed E-state index contributed by atoms with van der Waals surface area (Å²) in [6.45, 7) is 7.61. The fourth-order valence-corrected chi connectivity index (χ4v) is 2.53. The summed E-state index contributed by atoms with van der Waals surface area (Å²) in [5.74, 6) is -0.953. The zero-order chi connectivity index (χ0) is 13.6. The fraction of sp³-hybridized carbons (Fsp3) is 0.818. The van der Waals surface area contributed by atoms with Gasteiger partial charge in [0.1, 0.15) is 5.25 Å². The number of carbonyl (C=O) groups is 2. The smallest absolute Gasteiger partial charge is 0.304 e. The lowest BCUT2D eigenvalue weighted by Gasteiger charge is -2.16. The summed E-state index contributed by atoms with van der Waals surface area (Å²) in [4.78, 5) is 22.1. The van der Waals surface area contributed by atoms with E-state index < -0.39 is 27.3 Å². The largest absolute Gasteiger partial charge is 0.481 e. The molecular weight excluding hydrogens is 242 g/mol. The molecule has 0 aromatic carbocycles. The molecule has 17 heavy (non-hydrogen) atoms. The summed E-state index contributed by atoms with van der Waals surface area (Å²) < 4.78 is 11.9. The highest BCUT2D eigenvalue weighted by molar-refractivity contribution is 7.87. The molecule has 0 heterocycles. The van der Waals surface area contributed by atoms with Crippen LogP contribution in [0.2, 0.25) is 0 Å². The number of carboxylic acids is 1. The van der Waals surface area contributed by atoms with Crippen molar-refractivity contribution in [2.75, 3.05) is 6.54 Å². The first-order valence-corrected chi connectivity index (χ1v) is 6.92. The summed E-state index contributed by atoms with van der Waals surface area (Å²) in [7, 11) is -1.47. The lowest BCUT2D eigenvalue weighted by atomic mass is 10.2. The molecule has 0 radical (unpaired) electrons. The van der Waals surface area contributed by atoms with E-state index in [4.69, 9.17) is 5.11 Å². The summed E-state index contributed by atoms with van der Waals surface area (Å²) in [5, 5.41) is 10.1. The van der Waals surface area contributed by atoms with Crippen LogP contribution in [0.25, 0.3) is 0 Å². The molecule has 0 aliphatic rings. The maximum absolute atomic E-state index is 11.9. The SMILES string of the molecule is CC(C)CNC(=O)C(C)S(=O)C(C)CC(=O)O. The van der Waals surface area contributed by atoms with E-state index in [0.717, 1.165) is 0 Å². The monoisotopic (exact) mass is 263 g/mol. The Labute approximate surface area is 104 Å². The third-order valence-corrected chi connectivity index (χ3v) is 4.13. The van der Waals surface area contributed by atoms with Crippen LogP contribution in [0.15, 0.2) is 0 Å². The van der Waals surface area contributed by atoms with Crippen LogP contribution in [-0.4, -0.2) is 38.2 Å². The highest BCUT2D eigenvalue weighted by atomic mass is 32.2. The van der Waals surface area contributed by atoms with Gasteiger partial charge in [-0.2, -0.15) is 0 Å². The molecule has 0 fully saturated rings. The molecule has 0 spiro atoms. The standard InChI is InChI=1S/C11H21NO4S/c1-7(2)6-12-11(15)9(4)17(16)8(3)5-10(13)14/h7-9H,5-6H2,1-4H3,(H,12,15)(H,13,14). The van der Waals surface area contributed by atoms with Crippen molar-refractivity contribution in [1.82, 2.24) is 5.32 Å². The molecule has 0 bridgehead atoms. The van der Waals surface area contributed by atoms with Gasteiger partial charge in [-0.3, -0.25) is 13.8 Å². The number of hydrogen-bond donors (Lipinski definition) is 2. The second kappa shape index (κ2) is 7.42. The molecule has 0 aliphatic heterocycles. The van der Waals surface area contributed by atoms with Crippen molar-refractivity contribution in [1.29, 1.82) is 0 Å². The Hall–Kier alpha value is -0.910. The van der Waals surface area contributed by atoms with Gasteiger partial charge in [-0.25, -0.2) is 0 Å². The minimum Gasteiger partial charge on any atom is -0.481 e. The topological polar surface area (TPSA) is 83.5 Å². The van der Waals surface area contributed by atoms with Crippen molar-refractivity contribution >= 4 is 22.7 Å². The number of aliphatic carboxylic acids is 1. The summed E-state index contributed by atoms with van der Waals surface area (Å²) >= 11 is 0. The predicted molar refractivity (Wildman–Crippen MR) is 67.2 cm³/mol. The van der Waals surface area contributed by atoms with Crippen LogP contribution in [0.5, 0.6) is 0 Å². The zero-order valence-corrected chi connectivity index (χ0v) is 11.5. The Morgan fingerprint density at radius 1 is 1.24 bits per heavy atom. The van der Waals surface area contributed by atoms with Crippen molar-refractivity contribution in [2.24, 2.45) is 5.92 Å². The molecule has 0 saturated carbocycles. The zero-order valence-electron chi connectivity index (χ0n) is 10.7. The average molecular weight is 263 g/mol. The maximum atomic E-state index is 11.9. The molecule has 0 aliphatic carbocycles. The second-order valence-electron chi connectivity index (χ2n) is 4.52. The number of rotatable bonds is 7. The molecule has 5 nitrogen and oxygen atoms in total. The molecule has 6 heteroatoms. The number of nitrogens with one attached hydrogen (secondary N) is 1. The van der Waals surface area contributed by atoms with E-state index in [1.54, 1.807) is 13.8 Å². The quantitative estimate of drug-likeness (QED) is 0.710. The number of amides is 1. The molecule has 1 amide bonds. The second-order valence-corrected chi connectivity index (χ2v) is 6.69. The van der Waals surface area contributed by atoms with Crippen LogP contribution in [-0.2, 0) is 20.4 Å². The first kappa shape index (κ1) is 16.1. The third-order valence-electron chi connectivity index (χ3n) is 2.26. The van der Waals surface area contributed by atoms with E-state index in [1.165, 1.54) is 0 Å². The molecule has 0 saturated heterocycles. The van der Waals surface area contributed by atoms with Gasteiger partial charge in [-0.15, -0.1) is 0 Å². The number of hydrogen-bond acceptors (Lipinski definition) is 3. The number of carbonyl (C=O) groups excluding carboxylic acids is 1. The minimum absolute atomic E-state index is 0.186. The van der Waals surface area contributed by atoms with Gasteiger partial charge in [0.05, 0.1) is 6.42 Å². The van der Waals surface area contributed by atoms with E-state index in [0.29, 0.717) is 12.5 Å². The van der Waals surface area contributed by atoms with Gasteiger partial charge in [-0.05, 0) is 12.8 Å². The van der Waals surface area contributed by atoms with Crippen molar-refractivity contribution in [2.45, 2.75) is 44.6 Å². The van der Waals surface area contributed by atoms with E-state index in [2.05, 4.69) is 5.32 Å². The normalized spacial score (nSPS) is 16.3. The van der Waals surface area contributed by atoms with E-state index in [9.17, 15) is 13.8 Å². The van der Waals surface area contributed by atoms with Gasteiger partial charge in [0.15, 0.2) is 0 Å². The van der Waals surface area contributed by atoms with Gasteiger partial charge in [-0.1, -0.05) is 20.8 Å². The maximum Gasteiger partial charge on any atom is 0.304 e. The molecule has 3 atom stereocenters. The molecule has 3 unspecified atom stereocenters. The predicted octanol–water partition coefficient (Wildman–Crippen LogP) is 0.759. The lowest BCUT2D eigenvalue weighted by Crippen LogP contribution is -2.40. The van der Waals surface area contributed by atoms with Gasteiger partial charge < -0.3 is 10.4 Å². The first-order valence-electron chi connectivity index (χ1n) is 5.64. The third kappa shape index (κ3) is 6.41. The summed E-state index contributed by atoms with van der Waals surface area (Å²) in [5.41, 5.74) is 0. The fourth-order valence-electron chi connectivity index (χ4n) is 1.23. The van der Waals surface area contributed by atoms with Gasteiger partial charge in [0.2, 0.25) is 5.91 Å². The Kier molecular flexibility index (Phi) is 7.03. The molecule has 0 rings (SSSR count). The van der Waals surface area contributed by atoms with Gasteiger partial charge in [0, 0.05) is 22.6 Å². The van der Waals surface area contributed by atoms with E-state index in [-0.39, 0.29) is 12.3 Å². The highest BCUT2D eigenvalue weighted by Gasteiger charge is 2.25. The van der Waals surface area contributed by atoms with Crippen LogP contribution in [0.1, 0.15) is 34.1 Å². The first-order chi connectivity index (χ1) is 7.75. The summed E-state index contributed by atoms with van der Waals surface area (Å²) in [6, 6.07) is 0. The van der Waals surface area contributed by atoms with Crippen molar-refractivity contribution < 1.29 is 18.9 Å². The Morgan fingerprint density at radius 2 is 1.76 bits per heavy atom. The van der Waals surface area contributed by atoms with E-state index in [1.807, 2.05) is 13.8 Å². The van der Waals surface area contributed by atoms with Crippen molar-refractivity contribution in [3.8, 4) is 0 Å². The Balaban J connectivity index is 4.28. The van der Waals surface area contributed by atoms with Crippen molar-refractivity contribution in [3.63, 3.8) is 0 Å². The molecule has 0 aromatic heterocycles. The van der Waals surface area contributed by atoms with E-state index >= 15 is 0 Å². The van der Waals surface area contributed by atoms with Crippen molar-refractivity contribution in [3.05, 3.63) is 0 Å².